The number of carbonyl (C=O) groups excluding carboxylic acids is 1. The number of aliphatic hydroxyl groups excluding tert-OH is 4. The number of halogens is 2. The molecule has 0 aromatic carbocycles. The number of carboxylic acids is 1. The zero-order chi connectivity index (χ0) is 17.2. The second kappa shape index (κ2) is 6.79. The number of nitrogens with one attached hydrogen (secondary N) is 1. The molecule has 7 atom stereocenters. The van der Waals surface area contributed by atoms with E-state index in [1.807, 2.05) is 5.32 Å². The van der Waals surface area contributed by atoms with E-state index in [1.54, 1.807) is 0 Å². The summed E-state index contributed by atoms with van der Waals surface area (Å²) in [4.78, 5) is 21.9. The number of hydrogen-bond donors (Lipinski definition) is 6. The molecule has 0 spiro atoms. The third kappa shape index (κ3) is 3.33. The highest BCUT2D eigenvalue weighted by molar-refractivity contribution is 5.77. The SMILES string of the molecule is CC(=O)NC1C(O)C(F)C(F)(C(=O)O)OC1C(O)C(O)CO. The minimum Gasteiger partial charge on any atom is -0.477 e. The highest BCUT2D eigenvalue weighted by atomic mass is 19.2. The molecule has 6 N–H and O–H groups in total. The minimum atomic E-state index is -3.99. The number of aliphatic carboxylic acids is 1. The zero-order valence-corrected chi connectivity index (χ0v) is 11.4. The fraction of sp³-hybridized carbons (Fsp3) is 0.818. The van der Waals surface area contributed by atoms with Gasteiger partial charge in [0.2, 0.25) is 5.91 Å². The van der Waals surface area contributed by atoms with Crippen molar-refractivity contribution in [1.29, 1.82) is 0 Å². The zero-order valence-electron chi connectivity index (χ0n) is 11.4. The number of hydrogen-bond acceptors (Lipinski definition) is 7. The first-order valence-corrected chi connectivity index (χ1v) is 6.22. The van der Waals surface area contributed by atoms with Crippen LogP contribution in [0.4, 0.5) is 8.78 Å². The summed E-state index contributed by atoms with van der Waals surface area (Å²) in [5.74, 6) is -7.19. The maximum Gasteiger partial charge on any atom is 0.372 e. The van der Waals surface area contributed by atoms with Gasteiger partial charge in [-0.3, -0.25) is 4.79 Å². The summed E-state index contributed by atoms with van der Waals surface area (Å²) in [6.45, 7) is -0.0321. The van der Waals surface area contributed by atoms with Crippen LogP contribution in [0.3, 0.4) is 0 Å². The molecule has 0 aromatic rings. The molecule has 11 heteroatoms. The number of alkyl halides is 2. The third-order valence-electron chi connectivity index (χ3n) is 3.26. The van der Waals surface area contributed by atoms with Crippen LogP contribution in [0.2, 0.25) is 0 Å². The van der Waals surface area contributed by atoms with Gasteiger partial charge in [0, 0.05) is 6.92 Å². The van der Waals surface area contributed by atoms with Crippen molar-refractivity contribution >= 4 is 11.9 Å². The van der Waals surface area contributed by atoms with E-state index in [0.717, 1.165) is 6.92 Å². The third-order valence-corrected chi connectivity index (χ3v) is 3.26. The minimum absolute atomic E-state index is 0.808. The average Bonchev–Trinajstić information content (AvgIpc) is 2.45. The Morgan fingerprint density at radius 1 is 1.41 bits per heavy atom. The molecule has 1 aliphatic rings. The number of rotatable bonds is 5. The summed E-state index contributed by atoms with van der Waals surface area (Å²) in [5.41, 5.74) is 0. The van der Waals surface area contributed by atoms with E-state index >= 15 is 0 Å². The van der Waals surface area contributed by atoms with Gasteiger partial charge in [0.15, 0.2) is 6.17 Å². The van der Waals surface area contributed by atoms with Crippen molar-refractivity contribution in [3.05, 3.63) is 0 Å². The van der Waals surface area contributed by atoms with Crippen LogP contribution in [0.15, 0.2) is 0 Å². The fourth-order valence-corrected chi connectivity index (χ4v) is 2.11. The van der Waals surface area contributed by atoms with Crippen molar-refractivity contribution in [1.82, 2.24) is 5.32 Å². The van der Waals surface area contributed by atoms with Crippen molar-refractivity contribution in [2.45, 2.75) is 49.4 Å². The van der Waals surface area contributed by atoms with Crippen LogP contribution in [0, 0.1) is 0 Å². The highest BCUT2D eigenvalue weighted by Gasteiger charge is 2.62. The molecular formula is C11H17F2NO8. The van der Waals surface area contributed by atoms with Gasteiger partial charge in [-0.25, -0.2) is 9.18 Å². The Hall–Kier alpha value is -1.40. The van der Waals surface area contributed by atoms with Gasteiger partial charge < -0.3 is 35.6 Å². The molecule has 0 saturated carbocycles. The van der Waals surface area contributed by atoms with E-state index in [1.165, 1.54) is 0 Å². The van der Waals surface area contributed by atoms with Crippen LogP contribution in [0.25, 0.3) is 0 Å². The van der Waals surface area contributed by atoms with E-state index in [9.17, 15) is 33.7 Å². The molecular weight excluding hydrogens is 312 g/mol. The van der Waals surface area contributed by atoms with Gasteiger partial charge in [-0.2, -0.15) is 4.39 Å². The quantitative estimate of drug-likeness (QED) is 0.313. The Bertz CT molecular complexity index is 438. The molecule has 0 radical (unpaired) electrons. The maximum absolute atomic E-state index is 14.1. The van der Waals surface area contributed by atoms with Crippen molar-refractivity contribution in [3.63, 3.8) is 0 Å². The van der Waals surface area contributed by atoms with Crippen LogP contribution in [-0.4, -0.2) is 86.5 Å². The molecule has 9 nitrogen and oxygen atoms in total. The number of carboxylic acid groups (broad SMARTS) is 1. The summed E-state index contributed by atoms with van der Waals surface area (Å²) in [6.07, 6.45) is -11.4. The van der Waals surface area contributed by atoms with Gasteiger partial charge in [0.05, 0.1) is 12.6 Å². The standard InChI is InChI=1S/C11H17F2NO8/c1-3(16)14-5-7(19)9(12)11(13,10(20)21)22-8(5)6(18)4(17)2-15/h4-9,15,17-19H,2H2,1H3,(H,14,16)(H,20,21). The lowest BCUT2D eigenvalue weighted by Crippen LogP contribution is -2.71. The predicted molar refractivity (Wildman–Crippen MR) is 64.0 cm³/mol. The Labute approximate surface area is 123 Å². The molecule has 1 heterocycles. The van der Waals surface area contributed by atoms with Crippen LogP contribution < -0.4 is 5.32 Å². The largest absolute Gasteiger partial charge is 0.477 e. The molecule has 0 bridgehead atoms. The summed E-state index contributed by atoms with van der Waals surface area (Å²) < 4.78 is 32.3. The van der Waals surface area contributed by atoms with Crippen LogP contribution in [0.5, 0.6) is 0 Å². The first-order chi connectivity index (χ1) is 10.1. The smallest absolute Gasteiger partial charge is 0.372 e. The predicted octanol–water partition coefficient (Wildman–Crippen LogP) is -2.95. The van der Waals surface area contributed by atoms with Crippen LogP contribution in [0.1, 0.15) is 6.92 Å². The van der Waals surface area contributed by atoms with Gasteiger partial charge in [-0.15, -0.1) is 0 Å². The molecule has 7 unspecified atom stereocenters. The second-order valence-electron chi connectivity index (χ2n) is 4.89. The molecule has 1 fully saturated rings. The van der Waals surface area contributed by atoms with E-state index in [-0.39, 0.29) is 0 Å². The lowest BCUT2D eigenvalue weighted by Gasteiger charge is -2.45. The lowest BCUT2D eigenvalue weighted by atomic mass is 9.88. The van der Waals surface area contributed by atoms with Crippen LogP contribution in [-0.2, 0) is 14.3 Å². The summed E-state index contributed by atoms with van der Waals surface area (Å²) >= 11 is 0. The fourth-order valence-electron chi connectivity index (χ4n) is 2.11. The number of ether oxygens (including phenoxy) is 1. The van der Waals surface area contributed by atoms with Gasteiger partial charge in [0.25, 0.3) is 0 Å². The molecule has 22 heavy (non-hydrogen) atoms. The Morgan fingerprint density at radius 3 is 2.36 bits per heavy atom. The van der Waals surface area contributed by atoms with Crippen molar-refractivity contribution in [3.8, 4) is 0 Å². The molecule has 1 rings (SSSR count). The van der Waals surface area contributed by atoms with Gasteiger partial charge in [-0.05, 0) is 0 Å². The molecule has 128 valence electrons. The van der Waals surface area contributed by atoms with Crippen molar-refractivity contribution in [2.75, 3.05) is 6.61 Å². The number of aliphatic hydroxyl groups is 4. The average molecular weight is 329 g/mol. The second-order valence-corrected chi connectivity index (χ2v) is 4.89. The monoisotopic (exact) mass is 329 g/mol. The molecule has 1 amide bonds. The summed E-state index contributed by atoms with van der Waals surface area (Å²) in [6, 6.07) is -1.74. The molecule has 1 aliphatic heterocycles. The first kappa shape index (κ1) is 18.6. The lowest BCUT2D eigenvalue weighted by molar-refractivity contribution is -0.293. The summed E-state index contributed by atoms with van der Waals surface area (Å²) in [7, 11) is 0. The van der Waals surface area contributed by atoms with Gasteiger partial charge >= 0.3 is 11.8 Å². The normalized spacial score (nSPS) is 38.1. The van der Waals surface area contributed by atoms with E-state index < -0.39 is 61.0 Å². The van der Waals surface area contributed by atoms with Crippen molar-refractivity contribution in [2.24, 2.45) is 0 Å². The van der Waals surface area contributed by atoms with E-state index in [4.69, 9.17) is 10.2 Å². The molecule has 1 saturated heterocycles. The Kier molecular flexibility index (Phi) is 5.76. The van der Waals surface area contributed by atoms with E-state index in [2.05, 4.69) is 4.74 Å². The van der Waals surface area contributed by atoms with E-state index in [0.29, 0.717) is 0 Å². The molecule has 0 aliphatic carbocycles. The highest BCUT2D eigenvalue weighted by Crippen LogP contribution is 2.35. The number of carbonyl (C=O) groups is 2. The number of amides is 1. The topological polar surface area (TPSA) is 157 Å². The Morgan fingerprint density at radius 2 is 1.95 bits per heavy atom. The molecule has 0 aromatic heterocycles. The van der Waals surface area contributed by atoms with Crippen molar-refractivity contribution < 1.29 is 48.6 Å². The first-order valence-electron chi connectivity index (χ1n) is 6.22. The summed E-state index contributed by atoms with van der Waals surface area (Å²) in [5, 5.41) is 48.3. The van der Waals surface area contributed by atoms with Gasteiger partial charge in [0.1, 0.15) is 24.4 Å². The van der Waals surface area contributed by atoms with Crippen LogP contribution >= 0.6 is 0 Å². The Balaban J connectivity index is 3.19. The van der Waals surface area contributed by atoms with Gasteiger partial charge in [-0.1, -0.05) is 0 Å². The maximum atomic E-state index is 14.1.